The van der Waals surface area contributed by atoms with Crippen molar-refractivity contribution < 1.29 is 0 Å². The number of aromatic nitrogens is 4. The van der Waals surface area contributed by atoms with Gasteiger partial charge in [0.25, 0.3) is 5.56 Å². The quantitative estimate of drug-likeness (QED) is 0.740. The number of hydrogen-bond acceptors (Lipinski definition) is 5. The van der Waals surface area contributed by atoms with Gasteiger partial charge in [-0.2, -0.15) is 0 Å². The summed E-state index contributed by atoms with van der Waals surface area (Å²) in [7, 11) is 1.44. The van der Waals surface area contributed by atoms with Gasteiger partial charge < -0.3 is 16.0 Å². The van der Waals surface area contributed by atoms with Gasteiger partial charge in [0.1, 0.15) is 17.3 Å². The normalized spacial score (nSPS) is 12.3. The van der Waals surface area contributed by atoms with Crippen LogP contribution in [-0.4, -0.2) is 19.1 Å². The third kappa shape index (κ3) is 2.69. The van der Waals surface area contributed by atoms with Crippen LogP contribution in [0.5, 0.6) is 0 Å². The van der Waals surface area contributed by atoms with Crippen LogP contribution in [0.1, 0.15) is 32.1 Å². The molecule has 114 valence electrons. The zero-order valence-corrected chi connectivity index (χ0v) is 12.4. The maximum Gasteiger partial charge on any atom is 0.332 e. The molecule has 1 unspecified atom stereocenters. The molecule has 0 fully saturated rings. The molecule has 0 aliphatic rings. The van der Waals surface area contributed by atoms with E-state index >= 15 is 0 Å². The number of hydrogen-bond donors (Lipinski definition) is 3. The molecule has 21 heavy (non-hydrogen) atoms. The van der Waals surface area contributed by atoms with E-state index in [1.807, 2.05) is 13.8 Å². The number of H-pyrrole nitrogens is 1. The number of nitrogens with zero attached hydrogens (tertiary/aromatic N) is 3. The second-order valence-corrected chi connectivity index (χ2v) is 4.90. The highest BCUT2D eigenvalue weighted by atomic mass is 16.2. The molecular weight excluding hydrogens is 272 g/mol. The summed E-state index contributed by atoms with van der Waals surface area (Å²) in [5, 5.41) is 3.04. The van der Waals surface area contributed by atoms with Crippen LogP contribution in [0.15, 0.2) is 22.0 Å². The van der Waals surface area contributed by atoms with E-state index in [2.05, 4.69) is 15.3 Å². The second kappa shape index (κ2) is 5.86. The van der Waals surface area contributed by atoms with Gasteiger partial charge in [-0.25, -0.2) is 9.78 Å². The molecule has 0 radical (unpaired) electrons. The van der Waals surface area contributed by atoms with Crippen molar-refractivity contribution in [2.75, 3.05) is 11.1 Å². The number of nitrogen functional groups attached to an aromatic ring is 1. The average Bonchev–Trinajstić information content (AvgIpc) is 3.00. The number of aromatic amines is 1. The molecule has 0 saturated heterocycles. The first-order valence-corrected chi connectivity index (χ1v) is 6.82. The average molecular weight is 292 g/mol. The summed E-state index contributed by atoms with van der Waals surface area (Å²) < 4.78 is 2.46. The van der Waals surface area contributed by atoms with Crippen LogP contribution in [0.25, 0.3) is 0 Å². The summed E-state index contributed by atoms with van der Waals surface area (Å²) in [6.07, 6.45) is 4.08. The Morgan fingerprint density at radius 3 is 2.76 bits per heavy atom. The van der Waals surface area contributed by atoms with Crippen molar-refractivity contribution in [1.29, 1.82) is 0 Å². The Morgan fingerprint density at radius 2 is 2.19 bits per heavy atom. The molecule has 0 aliphatic heterocycles. The Hall–Kier alpha value is -2.51. The van der Waals surface area contributed by atoms with Gasteiger partial charge in [0, 0.05) is 26.0 Å². The van der Waals surface area contributed by atoms with E-state index in [1.165, 1.54) is 11.6 Å². The first kappa shape index (κ1) is 14.9. The van der Waals surface area contributed by atoms with E-state index in [4.69, 9.17) is 5.73 Å². The predicted octanol–water partition coefficient (Wildman–Crippen LogP) is 0.435. The lowest BCUT2D eigenvalue weighted by atomic mass is 10.3. The van der Waals surface area contributed by atoms with Crippen LogP contribution in [0, 0.1) is 0 Å². The fraction of sp³-hybridized carbons (Fsp3) is 0.462. The molecule has 2 aromatic heterocycles. The molecule has 0 amide bonds. The molecular formula is C13H20N6O2. The molecule has 8 nitrogen and oxygen atoms in total. The third-order valence-corrected chi connectivity index (χ3v) is 3.32. The van der Waals surface area contributed by atoms with E-state index in [-0.39, 0.29) is 17.5 Å². The van der Waals surface area contributed by atoms with E-state index in [1.54, 1.807) is 12.4 Å². The highest BCUT2D eigenvalue weighted by molar-refractivity contribution is 5.61. The second-order valence-electron chi connectivity index (χ2n) is 4.90. The lowest BCUT2D eigenvalue weighted by Gasteiger charge is -2.18. The van der Waals surface area contributed by atoms with Crippen LogP contribution in [0.4, 0.5) is 11.5 Å². The Morgan fingerprint density at radius 1 is 1.48 bits per heavy atom. The molecule has 0 bridgehead atoms. The molecule has 4 N–H and O–H groups in total. The highest BCUT2D eigenvalue weighted by Crippen LogP contribution is 2.18. The zero-order chi connectivity index (χ0) is 15.6. The fourth-order valence-corrected chi connectivity index (χ4v) is 2.16. The summed E-state index contributed by atoms with van der Waals surface area (Å²) in [6, 6.07) is -0.234. The molecule has 2 aromatic rings. The van der Waals surface area contributed by atoms with Crippen LogP contribution < -0.4 is 22.3 Å². The lowest BCUT2D eigenvalue weighted by molar-refractivity contribution is 0.599. The molecule has 2 heterocycles. The van der Waals surface area contributed by atoms with Crippen molar-refractivity contribution in [3.63, 3.8) is 0 Å². The van der Waals surface area contributed by atoms with Gasteiger partial charge in [-0.05, 0) is 13.3 Å². The number of imidazole rings is 1. The van der Waals surface area contributed by atoms with Crippen molar-refractivity contribution in [3.8, 4) is 0 Å². The predicted molar refractivity (Wildman–Crippen MR) is 81.3 cm³/mol. The third-order valence-electron chi connectivity index (χ3n) is 3.32. The van der Waals surface area contributed by atoms with Crippen LogP contribution in [0.2, 0.25) is 0 Å². The van der Waals surface area contributed by atoms with Crippen LogP contribution in [-0.2, 0) is 13.6 Å². The van der Waals surface area contributed by atoms with Crippen molar-refractivity contribution in [3.05, 3.63) is 39.1 Å². The first-order valence-electron chi connectivity index (χ1n) is 6.82. The number of nitrogens with one attached hydrogen (secondary N) is 2. The van der Waals surface area contributed by atoms with Gasteiger partial charge >= 0.3 is 5.69 Å². The van der Waals surface area contributed by atoms with Crippen molar-refractivity contribution >= 4 is 11.5 Å². The van der Waals surface area contributed by atoms with Gasteiger partial charge in [0.2, 0.25) is 0 Å². The topological polar surface area (TPSA) is 111 Å². The standard InChI is InChI=1S/C13H20N6O2/c1-4-7-19-10(14)9(12(20)18(3)13(19)21)17-8(2)11-15-5-6-16-11/h5-6,8,17H,4,7,14H2,1-3H3,(H,15,16). The number of nitrogens with two attached hydrogens (primary N) is 1. The largest absolute Gasteiger partial charge is 0.383 e. The summed E-state index contributed by atoms with van der Waals surface area (Å²) in [5.74, 6) is 0.841. The molecule has 8 heteroatoms. The Balaban J connectivity index is 2.48. The SMILES string of the molecule is CCCn1c(N)c(NC(C)c2ncc[nH]2)c(=O)n(C)c1=O. The van der Waals surface area contributed by atoms with Gasteiger partial charge in [-0.3, -0.25) is 13.9 Å². The fourth-order valence-electron chi connectivity index (χ4n) is 2.16. The first-order chi connectivity index (χ1) is 9.97. The van der Waals surface area contributed by atoms with Gasteiger partial charge in [0.05, 0.1) is 6.04 Å². The van der Waals surface area contributed by atoms with Gasteiger partial charge in [0.15, 0.2) is 0 Å². The maximum absolute atomic E-state index is 12.2. The minimum atomic E-state index is -0.441. The summed E-state index contributed by atoms with van der Waals surface area (Å²) in [5.41, 5.74) is 5.37. The molecule has 0 aliphatic carbocycles. The Labute approximate surface area is 121 Å². The Kier molecular flexibility index (Phi) is 4.15. The van der Waals surface area contributed by atoms with E-state index in [0.717, 1.165) is 11.0 Å². The minimum absolute atomic E-state index is 0.156. The molecule has 0 saturated carbocycles. The molecule has 0 aromatic carbocycles. The Bertz CT molecular complexity index is 728. The minimum Gasteiger partial charge on any atom is -0.383 e. The highest BCUT2D eigenvalue weighted by Gasteiger charge is 2.17. The van der Waals surface area contributed by atoms with Gasteiger partial charge in [-0.15, -0.1) is 0 Å². The van der Waals surface area contributed by atoms with Crippen LogP contribution in [0.3, 0.4) is 0 Å². The van der Waals surface area contributed by atoms with Gasteiger partial charge in [-0.1, -0.05) is 6.92 Å². The summed E-state index contributed by atoms with van der Waals surface area (Å²) in [4.78, 5) is 31.4. The monoisotopic (exact) mass is 292 g/mol. The maximum atomic E-state index is 12.2. The molecule has 1 atom stereocenters. The van der Waals surface area contributed by atoms with E-state index in [0.29, 0.717) is 12.4 Å². The number of rotatable bonds is 5. The van der Waals surface area contributed by atoms with E-state index < -0.39 is 11.2 Å². The van der Waals surface area contributed by atoms with Crippen molar-refractivity contribution in [2.24, 2.45) is 7.05 Å². The van der Waals surface area contributed by atoms with Crippen LogP contribution >= 0.6 is 0 Å². The van der Waals surface area contributed by atoms with E-state index in [9.17, 15) is 9.59 Å². The smallest absolute Gasteiger partial charge is 0.332 e. The molecule has 0 spiro atoms. The summed E-state index contributed by atoms with van der Waals surface area (Å²) >= 11 is 0. The zero-order valence-electron chi connectivity index (χ0n) is 12.4. The summed E-state index contributed by atoms with van der Waals surface area (Å²) in [6.45, 7) is 4.26. The molecule has 2 rings (SSSR count). The number of anilines is 2. The van der Waals surface area contributed by atoms with Crippen molar-refractivity contribution in [1.82, 2.24) is 19.1 Å². The lowest BCUT2D eigenvalue weighted by Crippen LogP contribution is -2.41. The van der Waals surface area contributed by atoms with Crippen molar-refractivity contribution in [2.45, 2.75) is 32.9 Å².